The van der Waals surface area contributed by atoms with Gasteiger partial charge in [0.2, 0.25) is 0 Å². The third-order valence-electron chi connectivity index (χ3n) is 6.20. The largest absolute Gasteiger partial charge is 0.507 e. The average molecular weight is 469 g/mol. The van der Waals surface area contributed by atoms with Gasteiger partial charge in [0.05, 0.1) is 30.5 Å². The van der Waals surface area contributed by atoms with Crippen LogP contribution in [0.5, 0.6) is 5.75 Å². The Hall–Kier alpha value is -2.71. The number of pyridine rings is 2. The minimum absolute atomic E-state index is 0.0162. The van der Waals surface area contributed by atoms with Crippen molar-refractivity contribution in [2.45, 2.75) is 19.5 Å². The number of halogens is 1. The molecule has 0 amide bonds. The van der Waals surface area contributed by atoms with Crippen molar-refractivity contribution in [3.8, 4) is 5.75 Å². The normalized spacial score (nSPS) is 16.1. The summed E-state index contributed by atoms with van der Waals surface area (Å²) in [5, 5.41) is 20.9. The molecule has 2 N–H and O–H groups in total. The summed E-state index contributed by atoms with van der Waals surface area (Å²) in [7, 11) is 0. The molecule has 0 bridgehead atoms. The number of aliphatic hydroxyl groups excluding tert-OH is 1. The minimum Gasteiger partial charge on any atom is -0.507 e. The van der Waals surface area contributed by atoms with Gasteiger partial charge in [-0.15, -0.1) is 0 Å². The fraction of sp³-hybridized carbons (Fsp3) is 0.360. The maximum absolute atomic E-state index is 13.8. The second kappa shape index (κ2) is 10.5. The van der Waals surface area contributed by atoms with E-state index in [-0.39, 0.29) is 17.9 Å². The lowest BCUT2D eigenvalue weighted by Gasteiger charge is -2.39. The number of piperazine rings is 1. The zero-order valence-corrected chi connectivity index (χ0v) is 19.4. The van der Waals surface area contributed by atoms with Crippen molar-refractivity contribution >= 4 is 11.6 Å². The lowest BCUT2D eigenvalue weighted by molar-refractivity contribution is 0.0932. The summed E-state index contributed by atoms with van der Waals surface area (Å²) in [6, 6.07) is 14.3. The number of benzene rings is 1. The fourth-order valence-corrected chi connectivity index (χ4v) is 4.70. The number of hydrogen-bond acceptors (Lipinski definition) is 6. The van der Waals surface area contributed by atoms with E-state index in [9.17, 15) is 15.0 Å². The topological polar surface area (TPSA) is 81.8 Å². The highest BCUT2D eigenvalue weighted by Gasteiger charge is 2.31. The Bertz CT molecular complexity index is 1140. The predicted octanol–water partition coefficient (Wildman–Crippen LogP) is 2.66. The summed E-state index contributed by atoms with van der Waals surface area (Å²) in [4.78, 5) is 22.6. The first-order valence-corrected chi connectivity index (χ1v) is 11.5. The zero-order chi connectivity index (χ0) is 23.4. The molecule has 0 radical (unpaired) electrons. The monoisotopic (exact) mass is 468 g/mol. The summed E-state index contributed by atoms with van der Waals surface area (Å²) in [5.74, 6) is -0.0162. The lowest BCUT2D eigenvalue weighted by atomic mass is 9.96. The van der Waals surface area contributed by atoms with E-state index in [1.165, 1.54) is 0 Å². The van der Waals surface area contributed by atoms with Crippen LogP contribution in [-0.4, -0.2) is 68.9 Å². The maximum atomic E-state index is 13.8. The van der Waals surface area contributed by atoms with E-state index in [0.717, 1.165) is 24.3 Å². The van der Waals surface area contributed by atoms with E-state index in [1.807, 2.05) is 43.3 Å². The minimum atomic E-state index is -0.442. The standard InChI is InChI=1S/C25H29ClN4O3/c1-18-15-22(32)23(25(33)30(18)17-21-7-2-3-8-27-21)24(19-5-4-6-20(26)16-19)29-11-9-28(10-12-29)13-14-31/h2-8,15-16,24,31-32H,9-14,17H2,1H3/t24-/m0/s1. The Morgan fingerprint density at radius 1 is 1.09 bits per heavy atom. The van der Waals surface area contributed by atoms with Crippen molar-refractivity contribution in [3.05, 3.63) is 92.6 Å². The SMILES string of the molecule is Cc1cc(O)c([C@H](c2cccc(Cl)c2)N2CCN(CCO)CC2)c(=O)n1Cc1ccccn1. The zero-order valence-electron chi connectivity index (χ0n) is 18.7. The van der Waals surface area contributed by atoms with Crippen LogP contribution in [0.2, 0.25) is 5.02 Å². The summed E-state index contributed by atoms with van der Waals surface area (Å²) < 4.78 is 1.66. The van der Waals surface area contributed by atoms with Gasteiger partial charge in [-0.3, -0.25) is 19.6 Å². The van der Waals surface area contributed by atoms with Crippen molar-refractivity contribution in [3.63, 3.8) is 0 Å². The Kier molecular flexibility index (Phi) is 7.45. The quantitative estimate of drug-likeness (QED) is 0.555. The van der Waals surface area contributed by atoms with Crippen molar-refractivity contribution < 1.29 is 10.2 Å². The molecule has 7 nitrogen and oxygen atoms in total. The molecule has 1 atom stereocenters. The molecule has 33 heavy (non-hydrogen) atoms. The van der Waals surface area contributed by atoms with Crippen molar-refractivity contribution in [1.82, 2.24) is 19.4 Å². The van der Waals surface area contributed by atoms with Crippen LogP contribution in [0.15, 0.2) is 59.5 Å². The number of β-amino-alcohol motifs (C(OH)–C–C–N with tert-alkyl or cyclic N) is 1. The average Bonchev–Trinajstić information content (AvgIpc) is 2.81. The molecule has 1 saturated heterocycles. The first-order valence-electron chi connectivity index (χ1n) is 11.1. The van der Waals surface area contributed by atoms with E-state index in [2.05, 4.69) is 14.8 Å². The van der Waals surface area contributed by atoms with E-state index in [4.69, 9.17) is 11.6 Å². The second-order valence-corrected chi connectivity index (χ2v) is 8.79. The molecule has 1 aromatic carbocycles. The molecule has 0 saturated carbocycles. The van der Waals surface area contributed by atoms with E-state index in [0.29, 0.717) is 42.5 Å². The second-order valence-electron chi connectivity index (χ2n) is 8.36. The van der Waals surface area contributed by atoms with Gasteiger partial charge in [-0.2, -0.15) is 0 Å². The Morgan fingerprint density at radius 2 is 1.88 bits per heavy atom. The number of aromatic hydroxyl groups is 1. The van der Waals surface area contributed by atoms with E-state index >= 15 is 0 Å². The van der Waals surface area contributed by atoms with Crippen LogP contribution in [0.1, 0.15) is 28.6 Å². The Balaban J connectivity index is 1.78. The van der Waals surface area contributed by atoms with E-state index in [1.54, 1.807) is 22.9 Å². The number of aromatic nitrogens is 2. The number of nitrogens with zero attached hydrogens (tertiary/aromatic N) is 4. The van der Waals surface area contributed by atoms with Gasteiger partial charge < -0.3 is 14.8 Å². The first-order chi connectivity index (χ1) is 16.0. The van der Waals surface area contributed by atoms with E-state index < -0.39 is 6.04 Å². The molecule has 3 heterocycles. The number of rotatable bonds is 7. The smallest absolute Gasteiger partial charge is 0.260 e. The molecule has 174 valence electrons. The van der Waals surface area contributed by atoms with Gasteiger partial charge in [0.15, 0.2) is 0 Å². The van der Waals surface area contributed by atoms with Gasteiger partial charge in [-0.1, -0.05) is 29.8 Å². The molecule has 1 fully saturated rings. The molecular weight excluding hydrogens is 440 g/mol. The van der Waals surface area contributed by atoms with Crippen LogP contribution < -0.4 is 5.56 Å². The first kappa shape index (κ1) is 23.4. The maximum Gasteiger partial charge on any atom is 0.260 e. The molecule has 0 aliphatic carbocycles. The third kappa shape index (κ3) is 5.28. The summed E-state index contributed by atoms with van der Waals surface area (Å²) >= 11 is 6.31. The highest BCUT2D eigenvalue weighted by Crippen LogP contribution is 2.34. The van der Waals surface area contributed by atoms with Gasteiger partial charge >= 0.3 is 0 Å². The van der Waals surface area contributed by atoms with Crippen LogP contribution in [-0.2, 0) is 6.54 Å². The predicted molar refractivity (Wildman–Crippen MR) is 129 cm³/mol. The highest BCUT2D eigenvalue weighted by atomic mass is 35.5. The van der Waals surface area contributed by atoms with Crippen LogP contribution in [0.25, 0.3) is 0 Å². The molecule has 8 heteroatoms. The molecule has 0 unspecified atom stereocenters. The molecule has 1 aliphatic rings. The molecule has 0 spiro atoms. The number of aryl methyl sites for hydroxylation is 1. The van der Waals surface area contributed by atoms with Crippen LogP contribution >= 0.6 is 11.6 Å². The molecule has 4 rings (SSSR count). The van der Waals surface area contributed by atoms with Gasteiger partial charge in [-0.05, 0) is 42.8 Å². The number of aliphatic hydroxyl groups is 1. The van der Waals surface area contributed by atoms with Crippen molar-refractivity contribution in [2.75, 3.05) is 39.3 Å². The summed E-state index contributed by atoms with van der Waals surface area (Å²) in [6.45, 7) is 5.82. The summed E-state index contributed by atoms with van der Waals surface area (Å²) in [5.41, 5.74) is 2.41. The van der Waals surface area contributed by atoms with Gasteiger partial charge in [0, 0.05) is 49.6 Å². The van der Waals surface area contributed by atoms with Crippen molar-refractivity contribution in [2.24, 2.45) is 0 Å². The van der Waals surface area contributed by atoms with Crippen LogP contribution in [0.4, 0.5) is 0 Å². The lowest BCUT2D eigenvalue weighted by Crippen LogP contribution is -2.49. The Labute approximate surface area is 198 Å². The van der Waals surface area contributed by atoms with Gasteiger partial charge in [0.25, 0.3) is 5.56 Å². The Morgan fingerprint density at radius 3 is 2.55 bits per heavy atom. The fourth-order valence-electron chi connectivity index (χ4n) is 4.50. The van der Waals surface area contributed by atoms with Crippen LogP contribution in [0.3, 0.4) is 0 Å². The number of hydrogen-bond donors (Lipinski definition) is 2. The molecule has 2 aromatic heterocycles. The van der Waals surface area contributed by atoms with Gasteiger partial charge in [-0.25, -0.2) is 0 Å². The molecular formula is C25H29ClN4O3. The third-order valence-corrected chi connectivity index (χ3v) is 6.43. The highest BCUT2D eigenvalue weighted by molar-refractivity contribution is 6.30. The van der Waals surface area contributed by atoms with Crippen LogP contribution in [0, 0.1) is 6.92 Å². The molecule has 3 aromatic rings. The summed E-state index contributed by atoms with van der Waals surface area (Å²) in [6.07, 6.45) is 1.71. The van der Waals surface area contributed by atoms with Crippen molar-refractivity contribution in [1.29, 1.82) is 0 Å². The van der Waals surface area contributed by atoms with Gasteiger partial charge in [0.1, 0.15) is 5.75 Å². The molecule has 1 aliphatic heterocycles.